The van der Waals surface area contributed by atoms with Gasteiger partial charge in [0.15, 0.2) is 5.78 Å². The van der Waals surface area contributed by atoms with Crippen LogP contribution in [0.25, 0.3) is 0 Å². The fourth-order valence-corrected chi connectivity index (χ4v) is 3.41. The number of rotatable bonds is 4. The monoisotopic (exact) mass is 394 g/mol. The Hall–Kier alpha value is -0.930. The van der Waals surface area contributed by atoms with Crippen molar-refractivity contribution in [3.05, 3.63) is 67.6 Å². The van der Waals surface area contributed by atoms with E-state index in [9.17, 15) is 4.79 Å². The van der Waals surface area contributed by atoms with Gasteiger partial charge in [-0.2, -0.15) is 0 Å². The highest BCUT2D eigenvalue weighted by Gasteiger charge is 2.16. The molecule has 0 N–H and O–H groups in total. The molecule has 0 aliphatic heterocycles. The maximum atomic E-state index is 12.8. The van der Waals surface area contributed by atoms with Crippen molar-refractivity contribution in [2.45, 2.75) is 26.7 Å². The predicted octanol–water partition coefficient (Wildman–Crippen LogP) is 5.57. The molecule has 0 aliphatic carbocycles. The van der Waals surface area contributed by atoms with Crippen molar-refractivity contribution < 1.29 is 4.79 Å². The molecule has 104 valence electrons. The lowest BCUT2D eigenvalue weighted by Crippen LogP contribution is -2.07. The zero-order chi connectivity index (χ0) is 14.7. The molecule has 0 unspecified atom stereocenters. The molecule has 0 amide bonds. The summed E-state index contributed by atoms with van der Waals surface area (Å²) in [5.74, 6) is 0.0801. The van der Waals surface area contributed by atoms with Crippen molar-refractivity contribution in [3.8, 4) is 0 Å². The summed E-state index contributed by atoms with van der Waals surface area (Å²) in [5, 5.41) is 0. The first-order valence-corrected chi connectivity index (χ1v) is 8.27. The van der Waals surface area contributed by atoms with Gasteiger partial charge in [-0.15, -0.1) is 0 Å². The molecule has 20 heavy (non-hydrogen) atoms. The van der Waals surface area contributed by atoms with Gasteiger partial charge in [0.2, 0.25) is 0 Å². The molecular weight excluding hydrogens is 380 g/mol. The molecule has 2 rings (SSSR count). The minimum absolute atomic E-state index is 0.0801. The van der Waals surface area contributed by atoms with Crippen molar-refractivity contribution in [3.63, 3.8) is 0 Å². The van der Waals surface area contributed by atoms with E-state index in [0.717, 1.165) is 32.9 Å². The summed E-state index contributed by atoms with van der Waals surface area (Å²) in [6, 6.07) is 11.9. The second-order valence-corrected chi connectivity index (χ2v) is 6.42. The van der Waals surface area contributed by atoms with E-state index in [4.69, 9.17) is 0 Å². The SMILES string of the molecule is CCc1ccc(CC)c(C(=O)c2ccc(Br)cc2Br)c1. The minimum Gasteiger partial charge on any atom is -0.289 e. The van der Waals surface area contributed by atoms with Crippen LogP contribution in [0.5, 0.6) is 0 Å². The summed E-state index contributed by atoms with van der Waals surface area (Å²) in [7, 11) is 0. The highest BCUT2D eigenvalue weighted by atomic mass is 79.9. The van der Waals surface area contributed by atoms with Crippen LogP contribution >= 0.6 is 31.9 Å². The van der Waals surface area contributed by atoms with Crippen molar-refractivity contribution in [1.82, 2.24) is 0 Å². The highest BCUT2D eigenvalue weighted by molar-refractivity contribution is 9.11. The van der Waals surface area contributed by atoms with E-state index in [1.165, 1.54) is 5.56 Å². The molecule has 0 saturated carbocycles. The van der Waals surface area contributed by atoms with Gasteiger partial charge in [0.05, 0.1) is 0 Å². The van der Waals surface area contributed by atoms with Crippen LogP contribution in [-0.2, 0) is 12.8 Å². The number of ketones is 1. The van der Waals surface area contributed by atoms with Crippen LogP contribution in [0.2, 0.25) is 0 Å². The molecule has 0 aliphatic rings. The molecule has 0 aromatic heterocycles. The minimum atomic E-state index is 0.0801. The summed E-state index contributed by atoms with van der Waals surface area (Å²) in [4.78, 5) is 12.8. The van der Waals surface area contributed by atoms with E-state index < -0.39 is 0 Å². The number of carbonyl (C=O) groups is 1. The summed E-state index contributed by atoms with van der Waals surface area (Å²) < 4.78 is 1.78. The zero-order valence-corrected chi connectivity index (χ0v) is 14.7. The van der Waals surface area contributed by atoms with Gasteiger partial charge >= 0.3 is 0 Å². The topological polar surface area (TPSA) is 17.1 Å². The number of aryl methyl sites for hydroxylation is 2. The van der Waals surface area contributed by atoms with Crippen LogP contribution in [0.15, 0.2) is 45.3 Å². The third-order valence-electron chi connectivity index (χ3n) is 3.38. The lowest BCUT2D eigenvalue weighted by molar-refractivity contribution is 0.103. The van der Waals surface area contributed by atoms with Gasteiger partial charge in [-0.1, -0.05) is 41.9 Å². The van der Waals surface area contributed by atoms with Gasteiger partial charge in [0, 0.05) is 20.1 Å². The van der Waals surface area contributed by atoms with Gasteiger partial charge in [-0.3, -0.25) is 4.79 Å². The number of carbonyl (C=O) groups excluding carboxylic acids is 1. The van der Waals surface area contributed by atoms with Crippen LogP contribution in [0, 0.1) is 0 Å². The average molecular weight is 396 g/mol. The fraction of sp³-hybridized carbons (Fsp3) is 0.235. The molecule has 0 heterocycles. The maximum absolute atomic E-state index is 12.8. The Kier molecular flexibility index (Phi) is 5.17. The summed E-state index contributed by atoms with van der Waals surface area (Å²) in [6.07, 6.45) is 1.80. The Balaban J connectivity index is 2.51. The van der Waals surface area contributed by atoms with Crippen LogP contribution in [0.3, 0.4) is 0 Å². The Bertz CT molecular complexity index is 647. The first-order valence-electron chi connectivity index (χ1n) is 6.68. The summed E-state index contributed by atoms with van der Waals surface area (Å²) in [5.41, 5.74) is 3.81. The first-order chi connectivity index (χ1) is 9.56. The predicted molar refractivity (Wildman–Crippen MR) is 90.5 cm³/mol. The fourth-order valence-electron chi connectivity index (χ4n) is 2.18. The number of benzene rings is 2. The lowest BCUT2D eigenvalue weighted by atomic mass is 9.94. The third kappa shape index (κ3) is 3.21. The summed E-state index contributed by atoms with van der Waals surface area (Å²) in [6.45, 7) is 4.18. The second kappa shape index (κ2) is 6.68. The Morgan fingerprint density at radius 3 is 2.30 bits per heavy atom. The molecule has 3 heteroatoms. The van der Waals surface area contributed by atoms with Gasteiger partial charge in [0.1, 0.15) is 0 Å². The van der Waals surface area contributed by atoms with E-state index in [0.29, 0.717) is 5.56 Å². The third-order valence-corrected chi connectivity index (χ3v) is 4.53. The Labute approximate surface area is 136 Å². The van der Waals surface area contributed by atoms with Crippen molar-refractivity contribution in [1.29, 1.82) is 0 Å². The largest absolute Gasteiger partial charge is 0.289 e. The smallest absolute Gasteiger partial charge is 0.194 e. The summed E-state index contributed by atoms with van der Waals surface area (Å²) >= 11 is 6.89. The number of halogens is 2. The van der Waals surface area contributed by atoms with E-state index in [2.05, 4.69) is 57.8 Å². The van der Waals surface area contributed by atoms with E-state index >= 15 is 0 Å². The van der Waals surface area contributed by atoms with Gasteiger partial charge in [-0.25, -0.2) is 0 Å². The quantitative estimate of drug-likeness (QED) is 0.618. The molecule has 0 radical (unpaired) electrons. The Morgan fingerprint density at radius 2 is 1.70 bits per heavy atom. The van der Waals surface area contributed by atoms with E-state index in [1.54, 1.807) is 0 Å². The average Bonchev–Trinajstić information content (AvgIpc) is 2.46. The van der Waals surface area contributed by atoms with Gasteiger partial charge in [0.25, 0.3) is 0 Å². The van der Waals surface area contributed by atoms with Crippen molar-refractivity contribution in [2.75, 3.05) is 0 Å². The van der Waals surface area contributed by atoms with E-state index in [1.807, 2.05) is 24.3 Å². The lowest BCUT2D eigenvalue weighted by Gasteiger charge is -2.10. The molecule has 0 spiro atoms. The molecule has 2 aromatic rings. The molecule has 0 saturated heterocycles. The molecular formula is C17H16Br2O. The highest BCUT2D eigenvalue weighted by Crippen LogP contribution is 2.26. The number of hydrogen-bond donors (Lipinski definition) is 0. The van der Waals surface area contributed by atoms with Crippen LogP contribution < -0.4 is 0 Å². The van der Waals surface area contributed by atoms with Crippen molar-refractivity contribution >= 4 is 37.6 Å². The molecule has 1 nitrogen and oxygen atoms in total. The van der Waals surface area contributed by atoms with Crippen LogP contribution in [-0.4, -0.2) is 5.78 Å². The molecule has 0 atom stereocenters. The molecule has 0 fully saturated rings. The van der Waals surface area contributed by atoms with Crippen molar-refractivity contribution in [2.24, 2.45) is 0 Å². The van der Waals surface area contributed by atoms with Crippen LogP contribution in [0.4, 0.5) is 0 Å². The normalized spacial score (nSPS) is 10.6. The number of hydrogen-bond acceptors (Lipinski definition) is 1. The standard InChI is InChI=1S/C17H16Br2O/c1-3-11-5-6-12(4-2)15(9-11)17(20)14-8-7-13(18)10-16(14)19/h5-10H,3-4H2,1-2H3. The Morgan fingerprint density at radius 1 is 0.950 bits per heavy atom. The van der Waals surface area contributed by atoms with E-state index in [-0.39, 0.29) is 5.78 Å². The zero-order valence-electron chi connectivity index (χ0n) is 11.5. The second-order valence-electron chi connectivity index (χ2n) is 4.65. The maximum Gasteiger partial charge on any atom is 0.194 e. The molecule has 0 bridgehead atoms. The first kappa shape index (κ1) is 15.5. The van der Waals surface area contributed by atoms with Gasteiger partial charge in [-0.05, 0) is 64.2 Å². The van der Waals surface area contributed by atoms with Crippen LogP contribution in [0.1, 0.15) is 40.9 Å². The molecule has 2 aromatic carbocycles. The van der Waals surface area contributed by atoms with Gasteiger partial charge < -0.3 is 0 Å².